The van der Waals surface area contributed by atoms with Crippen molar-refractivity contribution in [3.05, 3.63) is 29.8 Å². The van der Waals surface area contributed by atoms with Crippen molar-refractivity contribution < 1.29 is 10.0 Å². The maximum absolute atomic E-state index is 8.69. The van der Waals surface area contributed by atoms with E-state index in [0.717, 1.165) is 0 Å². The summed E-state index contributed by atoms with van der Waals surface area (Å²) < 4.78 is 0. The van der Waals surface area contributed by atoms with Crippen LogP contribution in [-0.2, 0) is 0 Å². The van der Waals surface area contributed by atoms with Crippen LogP contribution < -0.4 is 5.46 Å². The Morgan fingerprint density at radius 2 is 2.00 bits per heavy atom. The van der Waals surface area contributed by atoms with Crippen LogP contribution >= 0.6 is 12.4 Å². The molecule has 0 aliphatic rings. The predicted octanol–water partition coefficient (Wildman–Crippen LogP) is -0.340. The molecule has 0 aliphatic heterocycles. The normalized spacial score (nSPS) is 8.08. The van der Waals surface area contributed by atoms with Crippen LogP contribution in [0.1, 0.15) is 5.56 Å². The molecule has 0 atom stereocenters. The Kier molecular flexibility index (Phi) is 4.38. The average Bonchev–Trinajstić information content (AvgIpc) is 2.05. The van der Waals surface area contributed by atoms with Crippen molar-refractivity contribution >= 4 is 25.0 Å². The van der Waals surface area contributed by atoms with Gasteiger partial charge in [0, 0.05) is 0 Å². The number of benzene rings is 1. The lowest BCUT2D eigenvalue weighted by atomic mass is 9.80. The summed E-state index contributed by atoms with van der Waals surface area (Å²) in [6, 6.07) is 8.09. The molecule has 3 nitrogen and oxygen atoms in total. The van der Waals surface area contributed by atoms with Gasteiger partial charge in [0.2, 0.25) is 0 Å². The fourth-order valence-corrected chi connectivity index (χ4v) is 0.769. The van der Waals surface area contributed by atoms with Gasteiger partial charge < -0.3 is 10.0 Å². The maximum atomic E-state index is 8.69. The van der Waals surface area contributed by atoms with Crippen molar-refractivity contribution in [2.24, 2.45) is 0 Å². The van der Waals surface area contributed by atoms with Gasteiger partial charge in [-0.1, -0.05) is 12.1 Å². The molecule has 62 valence electrons. The number of hydrogen-bond acceptors (Lipinski definition) is 3. The first-order valence-corrected chi connectivity index (χ1v) is 3.10. The van der Waals surface area contributed by atoms with Gasteiger partial charge in [-0.05, 0) is 17.6 Å². The third-order valence-electron chi connectivity index (χ3n) is 1.31. The van der Waals surface area contributed by atoms with Crippen LogP contribution in [0.25, 0.3) is 0 Å². The molecule has 0 heterocycles. The van der Waals surface area contributed by atoms with E-state index in [0.29, 0.717) is 11.0 Å². The third kappa shape index (κ3) is 2.55. The molecule has 12 heavy (non-hydrogen) atoms. The Balaban J connectivity index is 0.00000121. The first kappa shape index (κ1) is 11.0. The van der Waals surface area contributed by atoms with Gasteiger partial charge in [0.1, 0.15) is 0 Å². The van der Waals surface area contributed by atoms with Crippen LogP contribution in [0.2, 0.25) is 0 Å². The molecule has 1 rings (SSSR count). The average molecular weight is 183 g/mol. The zero-order chi connectivity index (χ0) is 8.27. The van der Waals surface area contributed by atoms with E-state index in [9.17, 15) is 0 Å². The van der Waals surface area contributed by atoms with Gasteiger partial charge >= 0.3 is 7.12 Å². The Morgan fingerprint density at radius 3 is 2.50 bits per heavy atom. The minimum absolute atomic E-state index is 0. The molecule has 0 amide bonds. The highest BCUT2D eigenvalue weighted by atomic mass is 35.5. The van der Waals surface area contributed by atoms with E-state index in [-0.39, 0.29) is 12.4 Å². The second-order valence-electron chi connectivity index (χ2n) is 2.11. The van der Waals surface area contributed by atoms with E-state index in [1.165, 1.54) is 6.07 Å². The Bertz CT molecular complexity index is 298. The Morgan fingerprint density at radius 1 is 1.33 bits per heavy atom. The van der Waals surface area contributed by atoms with Crippen molar-refractivity contribution in [3.63, 3.8) is 0 Å². The standard InChI is InChI=1S/C7H6BNO2.ClH/c9-5-6-2-1-3-7(4-6)8(10)11;/h1-4,10-11H;1H. The van der Waals surface area contributed by atoms with Gasteiger partial charge in [-0.15, -0.1) is 12.4 Å². The van der Waals surface area contributed by atoms with Crippen LogP contribution in [0, 0.1) is 11.3 Å². The van der Waals surface area contributed by atoms with E-state index in [4.69, 9.17) is 15.3 Å². The number of halogens is 1. The van der Waals surface area contributed by atoms with Gasteiger partial charge in [0.15, 0.2) is 0 Å². The van der Waals surface area contributed by atoms with Crippen molar-refractivity contribution in [1.82, 2.24) is 0 Å². The highest BCUT2D eigenvalue weighted by molar-refractivity contribution is 6.58. The molecule has 0 radical (unpaired) electrons. The molecule has 0 saturated heterocycles. The Hall–Kier alpha value is -1.02. The topological polar surface area (TPSA) is 64.2 Å². The molecule has 0 saturated carbocycles. The largest absolute Gasteiger partial charge is 0.488 e. The second-order valence-corrected chi connectivity index (χ2v) is 2.11. The fourth-order valence-electron chi connectivity index (χ4n) is 0.769. The molecular weight excluding hydrogens is 176 g/mol. The summed E-state index contributed by atoms with van der Waals surface area (Å²) >= 11 is 0. The quantitative estimate of drug-likeness (QED) is 0.586. The van der Waals surface area contributed by atoms with Gasteiger partial charge in [0.25, 0.3) is 0 Å². The first-order valence-electron chi connectivity index (χ1n) is 3.10. The van der Waals surface area contributed by atoms with Gasteiger partial charge in [-0.3, -0.25) is 0 Å². The summed E-state index contributed by atoms with van der Waals surface area (Å²) in [5.74, 6) is 0. The monoisotopic (exact) mass is 183 g/mol. The fraction of sp³-hybridized carbons (Fsp3) is 0. The molecule has 1 aromatic rings. The van der Waals surface area contributed by atoms with E-state index in [1.807, 2.05) is 6.07 Å². The van der Waals surface area contributed by atoms with Crippen molar-refractivity contribution in [1.29, 1.82) is 5.26 Å². The molecule has 0 spiro atoms. The summed E-state index contributed by atoms with van der Waals surface area (Å²) in [7, 11) is -1.50. The second kappa shape index (κ2) is 4.78. The molecule has 0 aromatic heterocycles. The molecule has 5 heteroatoms. The van der Waals surface area contributed by atoms with E-state index >= 15 is 0 Å². The highest BCUT2D eigenvalue weighted by Gasteiger charge is 2.09. The molecule has 0 fully saturated rings. The van der Waals surface area contributed by atoms with E-state index < -0.39 is 7.12 Å². The predicted molar refractivity (Wildman–Crippen MR) is 48.2 cm³/mol. The van der Waals surface area contributed by atoms with E-state index in [2.05, 4.69) is 0 Å². The Labute approximate surface area is 76.8 Å². The molecule has 0 unspecified atom stereocenters. The molecule has 2 N–H and O–H groups in total. The minimum Gasteiger partial charge on any atom is -0.423 e. The lowest BCUT2D eigenvalue weighted by Crippen LogP contribution is -2.29. The third-order valence-corrected chi connectivity index (χ3v) is 1.31. The summed E-state index contributed by atoms with van der Waals surface area (Å²) in [6.07, 6.45) is 0. The van der Waals surface area contributed by atoms with Crippen LogP contribution in [0.3, 0.4) is 0 Å². The molecular formula is C7H7BClNO2. The van der Waals surface area contributed by atoms with Crippen LogP contribution in [0.15, 0.2) is 24.3 Å². The number of nitrogens with zero attached hydrogens (tertiary/aromatic N) is 1. The first-order chi connectivity index (χ1) is 5.24. The number of hydrogen-bond donors (Lipinski definition) is 2. The molecule has 0 aliphatic carbocycles. The zero-order valence-electron chi connectivity index (χ0n) is 6.14. The minimum atomic E-state index is -1.50. The molecule has 0 bridgehead atoms. The number of rotatable bonds is 1. The van der Waals surface area contributed by atoms with Crippen LogP contribution in [0.5, 0.6) is 0 Å². The summed E-state index contributed by atoms with van der Waals surface area (Å²) in [6.45, 7) is 0. The lowest BCUT2D eigenvalue weighted by molar-refractivity contribution is 0.426. The van der Waals surface area contributed by atoms with Crippen LogP contribution in [-0.4, -0.2) is 17.2 Å². The SMILES string of the molecule is Cl.N#Cc1cccc(B(O)O)c1. The molecule has 1 aromatic carbocycles. The van der Waals surface area contributed by atoms with Gasteiger partial charge in [0.05, 0.1) is 11.6 Å². The van der Waals surface area contributed by atoms with E-state index in [1.54, 1.807) is 18.2 Å². The summed E-state index contributed by atoms with van der Waals surface area (Å²) in [5, 5.41) is 25.8. The smallest absolute Gasteiger partial charge is 0.423 e. The zero-order valence-corrected chi connectivity index (χ0v) is 6.95. The maximum Gasteiger partial charge on any atom is 0.488 e. The van der Waals surface area contributed by atoms with Gasteiger partial charge in [-0.25, -0.2) is 0 Å². The van der Waals surface area contributed by atoms with Crippen molar-refractivity contribution in [3.8, 4) is 6.07 Å². The number of nitriles is 1. The van der Waals surface area contributed by atoms with Gasteiger partial charge in [-0.2, -0.15) is 5.26 Å². The summed E-state index contributed by atoms with van der Waals surface area (Å²) in [5.41, 5.74) is 0.764. The lowest BCUT2D eigenvalue weighted by Gasteiger charge is -1.97. The summed E-state index contributed by atoms with van der Waals surface area (Å²) in [4.78, 5) is 0. The van der Waals surface area contributed by atoms with Crippen molar-refractivity contribution in [2.45, 2.75) is 0 Å². The van der Waals surface area contributed by atoms with Crippen LogP contribution in [0.4, 0.5) is 0 Å². The highest BCUT2D eigenvalue weighted by Crippen LogP contribution is 1.93. The van der Waals surface area contributed by atoms with Crippen molar-refractivity contribution in [2.75, 3.05) is 0 Å².